The number of hydrogen-bond acceptors (Lipinski definition) is 5. The lowest BCUT2D eigenvalue weighted by molar-refractivity contribution is 0.563. The summed E-state index contributed by atoms with van der Waals surface area (Å²) in [4.78, 5) is 10.8. The molecule has 1 N–H and O–H groups in total. The first kappa shape index (κ1) is 12.2. The van der Waals surface area contributed by atoms with E-state index in [0.717, 1.165) is 30.2 Å². The number of rotatable bonds is 6. The van der Waals surface area contributed by atoms with Crippen LogP contribution in [-0.4, -0.2) is 23.1 Å². The van der Waals surface area contributed by atoms with Crippen LogP contribution in [0, 0.1) is 0 Å². The highest BCUT2D eigenvalue weighted by atomic mass is 16.3. The Bertz CT molecular complexity index is 505. The summed E-state index contributed by atoms with van der Waals surface area (Å²) in [5.74, 6) is 0.733. The maximum atomic E-state index is 5.05. The number of anilines is 1. The summed E-state index contributed by atoms with van der Waals surface area (Å²) in [6, 6.07) is 2.66. The van der Waals surface area contributed by atoms with Crippen molar-refractivity contribution in [3.63, 3.8) is 0 Å². The summed E-state index contributed by atoms with van der Waals surface area (Å²) in [6.45, 7) is 1.60. The van der Waals surface area contributed by atoms with Crippen LogP contribution in [0.4, 0.5) is 5.95 Å². The fraction of sp³-hybridized carbons (Fsp3) is 0.429. The highest BCUT2D eigenvalue weighted by molar-refractivity contribution is 5.30. The van der Waals surface area contributed by atoms with Gasteiger partial charge in [-0.2, -0.15) is 0 Å². The van der Waals surface area contributed by atoms with Gasteiger partial charge in [-0.05, 0) is 18.9 Å². The number of aromatic nitrogens is 2. The summed E-state index contributed by atoms with van der Waals surface area (Å²) >= 11 is 0. The Kier molecular flexibility index (Phi) is 3.46. The third kappa shape index (κ3) is 3.32. The molecule has 2 heterocycles. The number of nitrogens with one attached hydrogen (secondary N) is 1. The van der Waals surface area contributed by atoms with Crippen LogP contribution in [0.15, 0.2) is 35.4 Å². The van der Waals surface area contributed by atoms with E-state index in [4.69, 9.17) is 4.42 Å². The molecule has 19 heavy (non-hydrogen) atoms. The Balaban J connectivity index is 1.57. The molecule has 0 radical (unpaired) electrons. The second kappa shape index (κ2) is 5.40. The van der Waals surface area contributed by atoms with Gasteiger partial charge in [0.25, 0.3) is 0 Å². The van der Waals surface area contributed by atoms with E-state index in [2.05, 4.69) is 15.3 Å². The topological polar surface area (TPSA) is 54.2 Å². The molecule has 0 bridgehead atoms. The number of hydrogen-bond donors (Lipinski definition) is 1. The van der Waals surface area contributed by atoms with Crippen LogP contribution in [-0.2, 0) is 13.1 Å². The molecular weight excluding hydrogens is 240 g/mol. The van der Waals surface area contributed by atoms with Gasteiger partial charge >= 0.3 is 0 Å². The standard InChI is InChI=1S/C14H18N4O/c1-18(9-11-4-5-19-10-11)14-16-7-12(8-17-14)6-15-13-2-3-13/h4-5,7-8,10,13,15H,2-3,6,9H2,1H3. The predicted octanol–water partition coefficient (Wildman–Crippen LogP) is 1.96. The Morgan fingerprint density at radius 2 is 2.11 bits per heavy atom. The first-order valence-corrected chi connectivity index (χ1v) is 6.58. The van der Waals surface area contributed by atoms with Gasteiger partial charge in [0.15, 0.2) is 0 Å². The van der Waals surface area contributed by atoms with Gasteiger partial charge in [-0.1, -0.05) is 0 Å². The van der Waals surface area contributed by atoms with Crippen LogP contribution in [0.3, 0.4) is 0 Å². The minimum Gasteiger partial charge on any atom is -0.472 e. The summed E-state index contributed by atoms with van der Waals surface area (Å²) in [5, 5.41) is 3.45. The van der Waals surface area contributed by atoms with Crippen LogP contribution < -0.4 is 10.2 Å². The number of furan rings is 1. The molecular formula is C14H18N4O. The lowest BCUT2D eigenvalue weighted by Crippen LogP contribution is -2.20. The predicted molar refractivity (Wildman–Crippen MR) is 72.7 cm³/mol. The van der Waals surface area contributed by atoms with Crippen molar-refractivity contribution in [2.75, 3.05) is 11.9 Å². The molecule has 0 aliphatic heterocycles. The third-order valence-corrected chi connectivity index (χ3v) is 3.21. The molecule has 5 heteroatoms. The normalized spacial score (nSPS) is 14.6. The zero-order valence-electron chi connectivity index (χ0n) is 11.0. The van der Waals surface area contributed by atoms with Crippen molar-refractivity contribution in [2.45, 2.75) is 32.0 Å². The van der Waals surface area contributed by atoms with Crippen LogP contribution >= 0.6 is 0 Å². The first-order valence-electron chi connectivity index (χ1n) is 6.58. The molecule has 100 valence electrons. The SMILES string of the molecule is CN(Cc1ccoc1)c1ncc(CNC2CC2)cn1. The van der Waals surface area contributed by atoms with Gasteiger partial charge in [-0.3, -0.25) is 0 Å². The zero-order chi connectivity index (χ0) is 13.1. The summed E-state index contributed by atoms with van der Waals surface area (Å²) in [6.07, 6.45) is 9.80. The smallest absolute Gasteiger partial charge is 0.225 e. The Morgan fingerprint density at radius 1 is 1.32 bits per heavy atom. The Labute approximate surface area is 112 Å². The fourth-order valence-electron chi connectivity index (χ4n) is 1.91. The highest BCUT2D eigenvalue weighted by Crippen LogP contribution is 2.19. The molecule has 2 aromatic rings. The van der Waals surface area contributed by atoms with E-state index in [-0.39, 0.29) is 0 Å². The molecule has 2 aromatic heterocycles. The molecule has 0 saturated heterocycles. The second-order valence-electron chi connectivity index (χ2n) is 5.03. The van der Waals surface area contributed by atoms with Gasteiger partial charge in [0.1, 0.15) is 0 Å². The largest absolute Gasteiger partial charge is 0.472 e. The Hall–Kier alpha value is -1.88. The van der Waals surface area contributed by atoms with Crippen molar-refractivity contribution in [3.8, 4) is 0 Å². The van der Waals surface area contributed by atoms with Gasteiger partial charge in [0, 0.05) is 49.7 Å². The molecule has 3 rings (SSSR count). The van der Waals surface area contributed by atoms with Crippen LogP contribution in [0.5, 0.6) is 0 Å². The van der Waals surface area contributed by atoms with E-state index >= 15 is 0 Å². The molecule has 1 aliphatic rings. The van der Waals surface area contributed by atoms with E-state index in [0.29, 0.717) is 6.04 Å². The monoisotopic (exact) mass is 258 g/mol. The van der Waals surface area contributed by atoms with Gasteiger partial charge in [0.05, 0.1) is 12.5 Å². The molecule has 0 amide bonds. The van der Waals surface area contributed by atoms with Gasteiger partial charge in [-0.25, -0.2) is 9.97 Å². The average molecular weight is 258 g/mol. The maximum absolute atomic E-state index is 5.05. The Morgan fingerprint density at radius 3 is 2.74 bits per heavy atom. The lowest BCUT2D eigenvalue weighted by atomic mass is 10.3. The van der Waals surface area contributed by atoms with Crippen molar-refractivity contribution in [1.82, 2.24) is 15.3 Å². The van der Waals surface area contributed by atoms with E-state index in [1.807, 2.05) is 30.4 Å². The van der Waals surface area contributed by atoms with Gasteiger partial charge in [-0.15, -0.1) is 0 Å². The summed E-state index contributed by atoms with van der Waals surface area (Å²) < 4.78 is 5.05. The molecule has 0 spiro atoms. The molecule has 0 unspecified atom stereocenters. The van der Waals surface area contributed by atoms with Crippen molar-refractivity contribution in [1.29, 1.82) is 0 Å². The van der Waals surface area contributed by atoms with Crippen molar-refractivity contribution < 1.29 is 4.42 Å². The molecule has 5 nitrogen and oxygen atoms in total. The maximum Gasteiger partial charge on any atom is 0.225 e. The molecule has 1 saturated carbocycles. The van der Waals surface area contributed by atoms with Crippen LogP contribution in [0.2, 0.25) is 0 Å². The van der Waals surface area contributed by atoms with Crippen molar-refractivity contribution >= 4 is 5.95 Å². The van der Waals surface area contributed by atoms with E-state index in [1.54, 1.807) is 12.5 Å². The van der Waals surface area contributed by atoms with Crippen molar-refractivity contribution in [2.24, 2.45) is 0 Å². The van der Waals surface area contributed by atoms with E-state index in [9.17, 15) is 0 Å². The van der Waals surface area contributed by atoms with E-state index < -0.39 is 0 Å². The zero-order valence-corrected chi connectivity index (χ0v) is 11.0. The number of nitrogens with zero attached hydrogens (tertiary/aromatic N) is 3. The average Bonchev–Trinajstić information content (AvgIpc) is 3.13. The summed E-state index contributed by atoms with van der Waals surface area (Å²) in [7, 11) is 1.98. The van der Waals surface area contributed by atoms with Gasteiger partial charge in [0.2, 0.25) is 5.95 Å². The van der Waals surface area contributed by atoms with Crippen LogP contribution in [0.1, 0.15) is 24.0 Å². The minimum atomic E-state index is 0.712. The third-order valence-electron chi connectivity index (χ3n) is 3.21. The van der Waals surface area contributed by atoms with Gasteiger partial charge < -0.3 is 14.6 Å². The second-order valence-corrected chi connectivity index (χ2v) is 5.03. The minimum absolute atomic E-state index is 0.712. The lowest BCUT2D eigenvalue weighted by Gasteiger charge is -2.15. The van der Waals surface area contributed by atoms with E-state index in [1.165, 1.54) is 12.8 Å². The van der Waals surface area contributed by atoms with Crippen LogP contribution in [0.25, 0.3) is 0 Å². The van der Waals surface area contributed by atoms with Crippen molar-refractivity contribution in [3.05, 3.63) is 42.1 Å². The first-order chi connectivity index (χ1) is 9.31. The quantitative estimate of drug-likeness (QED) is 0.858. The molecule has 1 aliphatic carbocycles. The fourth-order valence-corrected chi connectivity index (χ4v) is 1.91. The highest BCUT2D eigenvalue weighted by Gasteiger charge is 2.20. The summed E-state index contributed by atoms with van der Waals surface area (Å²) in [5.41, 5.74) is 2.25. The molecule has 0 aromatic carbocycles. The molecule has 0 atom stereocenters. The molecule has 1 fully saturated rings.